The fraction of sp³-hybridized carbons (Fsp3) is 0.474. The minimum atomic E-state index is -0.597. The van der Waals surface area contributed by atoms with E-state index in [4.69, 9.17) is 9.47 Å². The zero-order valence-electron chi connectivity index (χ0n) is 16.5. The van der Waals surface area contributed by atoms with Crippen molar-refractivity contribution in [2.24, 2.45) is 7.05 Å². The van der Waals surface area contributed by atoms with E-state index >= 15 is 0 Å². The molecule has 1 unspecified atom stereocenters. The molecule has 0 bridgehead atoms. The maximum Gasteiger partial charge on any atom is 0.407 e. The number of aryl methyl sites for hydroxylation is 2. The molecule has 0 aliphatic heterocycles. The van der Waals surface area contributed by atoms with E-state index in [0.717, 1.165) is 11.3 Å². The lowest BCUT2D eigenvalue weighted by molar-refractivity contribution is 0.0526. The lowest BCUT2D eigenvalue weighted by Crippen LogP contribution is -2.35. The summed E-state index contributed by atoms with van der Waals surface area (Å²) >= 11 is 0. The summed E-state index contributed by atoms with van der Waals surface area (Å²) in [4.78, 5) is 16.5. The number of carbonyl (C=O) groups excluding carboxylic acids is 1. The van der Waals surface area contributed by atoms with Gasteiger partial charge in [-0.1, -0.05) is 6.07 Å². The smallest absolute Gasteiger partial charge is 0.407 e. The fourth-order valence-corrected chi connectivity index (χ4v) is 2.86. The number of amides is 1. The van der Waals surface area contributed by atoms with E-state index in [2.05, 4.69) is 15.4 Å². The van der Waals surface area contributed by atoms with Crippen LogP contribution in [0.25, 0.3) is 0 Å². The van der Waals surface area contributed by atoms with E-state index < -0.39 is 11.7 Å². The average Bonchev–Trinajstić information content (AvgIpc) is 2.87. The van der Waals surface area contributed by atoms with Crippen LogP contribution in [0.1, 0.15) is 49.3 Å². The van der Waals surface area contributed by atoms with E-state index in [1.54, 1.807) is 51.7 Å². The van der Waals surface area contributed by atoms with E-state index in [0.29, 0.717) is 17.3 Å². The molecule has 8 nitrogen and oxygen atoms in total. The van der Waals surface area contributed by atoms with Crippen LogP contribution in [0.5, 0.6) is 5.88 Å². The number of hydrogen-bond donors (Lipinski definition) is 1. The summed E-state index contributed by atoms with van der Waals surface area (Å²) in [6.45, 7) is 7.50. The quantitative estimate of drug-likeness (QED) is 0.867. The number of hydrogen-bond acceptors (Lipinski definition) is 6. The SMILES string of the molecule is COc1c(C(CNC(=O)OC(C)(C)C)c2cccc(C#N)n2)c(C)nn1C. The maximum atomic E-state index is 12.1. The summed E-state index contributed by atoms with van der Waals surface area (Å²) in [5, 5.41) is 16.4. The molecule has 1 atom stereocenters. The summed E-state index contributed by atoms with van der Waals surface area (Å²) in [6.07, 6.45) is -0.524. The number of nitrogens with zero attached hydrogens (tertiary/aromatic N) is 4. The Kier molecular flexibility index (Phi) is 6.05. The van der Waals surface area contributed by atoms with Crippen LogP contribution in [0.3, 0.4) is 0 Å². The van der Waals surface area contributed by atoms with Gasteiger partial charge in [-0.05, 0) is 39.8 Å². The lowest BCUT2D eigenvalue weighted by Gasteiger charge is -2.22. The molecule has 144 valence electrons. The number of carbonyl (C=O) groups is 1. The van der Waals surface area contributed by atoms with E-state index in [1.807, 2.05) is 19.1 Å². The first-order valence-electron chi connectivity index (χ1n) is 8.57. The van der Waals surface area contributed by atoms with Crippen LogP contribution in [0.2, 0.25) is 0 Å². The molecule has 8 heteroatoms. The molecule has 27 heavy (non-hydrogen) atoms. The largest absolute Gasteiger partial charge is 0.481 e. The summed E-state index contributed by atoms with van der Waals surface area (Å²) in [5.41, 5.74) is 1.91. The van der Waals surface area contributed by atoms with Crippen LogP contribution >= 0.6 is 0 Å². The predicted molar refractivity (Wildman–Crippen MR) is 99.5 cm³/mol. The molecule has 0 aliphatic rings. The molecule has 0 aliphatic carbocycles. The fourth-order valence-electron chi connectivity index (χ4n) is 2.86. The highest BCUT2D eigenvalue weighted by Crippen LogP contribution is 2.33. The Morgan fingerprint density at radius 2 is 2.11 bits per heavy atom. The molecule has 0 spiro atoms. The monoisotopic (exact) mass is 371 g/mol. The summed E-state index contributed by atoms with van der Waals surface area (Å²) in [7, 11) is 3.35. The second kappa shape index (κ2) is 8.08. The molecule has 2 rings (SSSR count). The molecule has 1 N–H and O–H groups in total. The Morgan fingerprint density at radius 1 is 1.41 bits per heavy atom. The van der Waals surface area contributed by atoms with Crippen LogP contribution in [-0.2, 0) is 11.8 Å². The first kappa shape index (κ1) is 20.2. The highest BCUT2D eigenvalue weighted by atomic mass is 16.6. The van der Waals surface area contributed by atoms with Crippen LogP contribution in [0.4, 0.5) is 4.79 Å². The number of rotatable bonds is 5. The molecule has 2 heterocycles. The number of nitriles is 1. The van der Waals surface area contributed by atoms with Crippen molar-refractivity contribution in [2.75, 3.05) is 13.7 Å². The minimum Gasteiger partial charge on any atom is -0.481 e. The number of alkyl carbamates (subject to hydrolysis) is 1. The molecular weight excluding hydrogens is 346 g/mol. The van der Waals surface area contributed by atoms with E-state index in [-0.39, 0.29) is 12.5 Å². The highest BCUT2D eigenvalue weighted by molar-refractivity contribution is 5.68. The van der Waals surface area contributed by atoms with Crippen molar-refractivity contribution in [3.8, 4) is 11.9 Å². The van der Waals surface area contributed by atoms with Gasteiger partial charge in [0, 0.05) is 19.2 Å². The maximum absolute atomic E-state index is 12.1. The Morgan fingerprint density at radius 3 is 2.70 bits per heavy atom. The van der Waals surface area contributed by atoms with Gasteiger partial charge in [0.25, 0.3) is 0 Å². The van der Waals surface area contributed by atoms with Gasteiger partial charge in [-0.25, -0.2) is 14.5 Å². The van der Waals surface area contributed by atoms with Gasteiger partial charge in [-0.15, -0.1) is 0 Å². The molecule has 0 radical (unpaired) electrons. The highest BCUT2D eigenvalue weighted by Gasteiger charge is 2.27. The molecule has 0 aromatic carbocycles. The summed E-state index contributed by atoms with van der Waals surface area (Å²) < 4.78 is 12.5. The van der Waals surface area contributed by atoms with Gasteiger partial charge in [0.2, 0.25) is 5.88 Å². The van der Waals surface area contributed by atoms with Crippen LogP contribution in [0, 0.1) is 18.3 Å². The lowest BCUT2D eigenvalue weighted by atomic mass is 9.94. The Labute approximate surface area is 159 Å². The number of methoxy groups -OCH3 is 1. The van der Waals surface area contributed by atoms with Gasteiger partial charge in [0.05, 0.1) is 24.4 Å². The van der Waals surface area contributed by atoms with Gasteiger partial charge in [0.1, 0.15) is 17.4 Å². The topological polar surface area (TPSA) is 102 Å². The number of pyridine rings is 1. The van der Waals surface area contributed by atoms with Crippen LogP contribution < -0.4 is 10.1 Å². The molecule has 0 saturated carbocycles. The van der Waals surface area contributed by atoms with Crippen molar-refractivity contribution in [1.82, 2.24) is 20.1 Å². The average molecular weight is 371 g/mol. The Bertz CT molecular complexity index is 861. The second-order valence-electron chi connectivity index (χ2n) is 7.13. The molecule has 0 fully saturated rings. The standard InChI is InChI=1S/C19H25N5O3/c1-12-16(17(26-6)24(5)23-12)14(11-21-18(25)27-19(2,3)4)15-9-7-8-13(10-20)22-15/h7-9,14H,11H2,1-6H3,(H,21,25). The van der Waals surface area contributed by atoms with Gasteiger partial charge in [-0.3, -0.25) is 0 Å². The number of aromatic nitrogens is 3. The van der Waals surface area contributed by atoms with Crippen LogP contribution in [-0.4, -0.2) is 40.1 Å². The third kappa shape index (κ3) is 4.97. The van der Waals surface area contributed by atoms with Gasteiger partial charge >= 0.3 is 6.09 Å². The first-order chi connectivity index (χ1) is 12.7. The van der Waals surface area contributed by atoms with E-state index in [1.165, 1.54) is 0 Å². The van der Waals surface area contributed by atoms with Crippen molar-refractivity contribution in [2.45, 2.75) is 39.2 Å². The van der Waals surface area contributed by atoms with Gasteiger partial charge in [0.15, 0.2) is 0 Å². The summed E-state index contributed by atoms with van der Waals surface area (Å²) in [6, 6.07) is 7.25. The Balaban J connectivity index is 2.41. The third-order valence-corrected chi connectivity index (χ3v) is 3.85. The van der Waals surface area contributed by atoms with Crippen molar-refractivity contribution in [1.29, 1.82) is 5.26 Å². The van der Waals surface area contributed by atoms with Crippen molar-refractivity contribution >= 4 is 6.09 Å². The molecular formula is C19H25N5O3. The van der Waals surface area contributed by atoms with Crippen molar-refractivity contribution < 1.29 is 14.3 Å². The van der Waals surface area contributed by atoms with Crippen molar-refractivity contribution in [3.63, 3.8) is 0 Å². The minimum absolute atomic E-state index is 0.222. The molecule has 0 saturated heterocycles. The number of nitrogens with one attached hydrogen (secondary N) is 1. The van der Waals surface area contributed by atoms with Crippen LogP contribution in [0.15, 0.2) is 18.2 Å². The Hall–Kier alpha value is -3.08. The zero-order chi connectivity index (χ0) is 20.2. The molecule has 2 aromatic rings. The molecule has 2 aromatic heterocycles. The number of ether oxygens (including phenoxy) is 2. The first-order valence-corrected chi connectivity index (χ1v) is 8.57. The van der Waals surface area contributed by atoms with Gasteiger partial charge in [-0.2, -0.15) is 10.4 Å². The van der Waals surface area contributed by atoms with E-state index in [9.17, 15) is 10.1 Å². The third-order valence-electron chi connectivity index (χ3n) is 3.85. The van der Waals surface area contributed by atoms with Crippen molar-refractivity contribution in [3.05, 3.63) is 40.8 Å². The summed E-state index contributed by atoms with van der Waals surface area (Å²) in [5.74, 6) is 0.224. The predicted octanol–water partition coefficient (Wildman–Crippen LogP) is 2.66. The van der Waals surface area contributed by atoms with Gasteiger partial charge < -0.3 is 14.8 Å². The normalized spacial score (nSPS) is 12.2. The molecule has 1 amide bonds. The zero-order valence-corrected chi connectivity index (χ0v) is 16.5. The second-order valence-corrected chi connectivity index (χ2v) is 7.13.